The molecule has 1 aliphatic rings. The van der Waals surface area contributed by atoms with Crippen molar-refractivity contribution in [3.05, 3.63) is 11.9 Å². The summed E-state index contributed by atoms with van der Waals surface area (Å²) < 4.78 is 0. The van der Waals surface area contributed by atoms with Gasteiger partial charge in [-0.3, -0.25) is 4.99 Å². The molecule has 0 aromatic carbocycles. The highest BCUT2D eigenvalue weighted by molar-refractivity contribution is 5.69. The molecule has 1 rings (SSSR count). The van der Waals surface area contributed by atoms with E-state index in [9.17, 15) is 5.11 Å². The lowest BCUT2D eigenvalue weighted by molar-refractivity contribution is 0.0143. The zero-order valence-electron chi connectivity index (χ0n) is 7.20. The minimum Gasteiger partial charge on any atom is -0.366 e. The van der Waals surface area contributed by atoms with Crippen LogP contribution >= 0.6 is 0 Å². The van der Waals surface area contributed by atoms with Crippen LogP contribution in [0.2, 0.25) is 0 Å². The van der Waals surface area contributed by atoms with E-state index in [1.165, 1.54) is 0 Å². The Hall–Kier alpha value is -0.830. The topological polar surface area (TPSA) is 35.8 Å². The third kappa shape index (κ3) is 1.60. The summed E-state index contributed by atoms with van der Waals surface area (Å²) in [6.45, 7) is 3.75. The Kier molecular flexibility index (Phi) is 2.00. The third-order valence-corrected chi connectivity index (χ3v) is 1.89. The summed E-state index contributed by atoms with van der Waals surface area (Å²) in [5.41, 5.74) is 0.0811. The highest BCUT2D eigenvalue weighted by atomic mass is 16.3. The fourth-order valence-electron chi connectivity index (χ4n) is 0.866. The van der Waals surface area contributed by atoms with E-state index >= 15 is 0 Å². The molecule has 62 valence electrons. The Labute approximate surface area is 67.0 Å². The monoisotopic (exact) mass is 154 g/mol. The van der Waals surface area contributed by atoms with Crippen molar-refractivity contribution in [3.63, 3.8) is 0 Å². The predicted molar refractivity (Wildman–Crippen MR) is 45.3 cm³/mol. The molecule has 1 aliphatic heterocycles. The van der Waals surface area contributed by atoms with Gasteiger partial charge in [0.2, 0.25) is 0 Å². The number of rotatable bonds is 1. The normalized spacial score (nSPS) is 30.5. The molecule has 1 heterocycles. The molecule has 0 amide bonds. The highest BCUT2D eigenvalue weighted by Gasteiger charge is 2.24. The van der Waals surface area contributed by atoms with Gasteiger partial charge in [-0.2, -0.15) is 0 Å². The first-order valence-corrected chi connectivity index (χ1v) is 3.77. The molecule has 0 bridgehead atoms. The third-order valence-electron chi connectivity index (χ3n) is 1.89. The first-order valence-electron chi connectivity index (χ1n) is 3.77. The fourth-order valence-corrected chi connectivity index (χ4v) is 0.866. The molecule has 1 N–H and O–H groups in total. The lowest BCUT2D eigenvalue weighted by Gasteiger charge is -2.32. The van der Waals surface area contributed by atoms with Crippen molar-refractivity contribution in [2.75, 3.05) is 7.05 Å². The number of allylic oxidation sites excluding steroid dienone is 1. The van der Waals surface area contributed by atoms with Gasteiger partial charge in [-0.25, -0.2) is 0 Å². The second-order valence-electron chi connectivity index (χ2n) is 2.94. The summed E-state index contributed by atoms with van der Waals surface area (Å²) in [6.07, 6.45) is 4.32. The van der Waals surface area contributed by atoms with Crippen LogP contribution < -0.4 is 0 Å². The van der Waals surface area contributed by atoms with Gasteiger partial charge in [0.25, 0.3) is 0 Å². The van der Waals surface area contributed by atoms with E-state index in [4.69, 9.17) is 0 Å². The molecule has 3 heteroatoms. The van der Waals surface area contributed by atoms with Gasteiger partial charge in [0, 0.05) is 13.2 Å². The Morgan fingerprint density at radius 2 is 2.36 bits per heavy atom. The van der Waals surface area contributed by atoms with Crippen molar-refractivity contribution in [1.29, 1.82) is 0 Å². The van der Waals surface area contributed by atoms with E-state index in [1.807, 2.05) is 20.2 Å². The van der Waals surface area contributed by atoms with Crippen LogP contribution in [-0.4, -0.2) is 29.0 Å². The van der Waals surface area contributed by atoms with Gasteiger partial charge in [-0.05, 0) is 13.3 Å². The van der Waals surface area contributed by atoms with Gasteiger partial charge >= 0.3 is 0 Å². The molecule has 1 unspecified atom stereocenters. The van der Waals surface area contributed by atoms with Crippen molar-refractivity contribution in [2.24, 2.45) is 4.99 Å². The lowest BCUT2D eigenvalue weighted by Crippen LogP contribution is -2.43. The average Bonchev–Trinajstić information content (AvgIpc) is 1.95. The van der Waals surface area contributed by atoms with Crippen LogP contribution in [0.15, 0.2) is 16.9 Å². The maximum absolute atomic E-state index is 9.59. The van der Waals surface area contributed by atoms with Crippen LogP contribution in [0.1, 0.15) is 20.3 Å². The summed E-state index contributed by atoms with van der Waals surface area (Å²) in [4.78, 5) is 5.84. The molecule has 0 aromatic heterocycles. The van der Waals surface area contributed by atoms with Crippen molar-refractivity contribution in [1.82, 2.24) is 4.90 Å². The second-order valence-corrected chi connectivity index (χ2v) is 2.94. The molecule has 11 heavy (non-hydrogen) atoms. The zero-order chi connectivity index (χ0) is 8.48. The van der Waals surface area contributed by atoms with Crippen molar-refractivity contribution in [3.8, 4) is 0 Å². The van der Waals surface area contributed by atoms with Crippen molar-refractivity contribution < 1.29 is 5.11 Å². The van der Waals surface area contributed by atoms with E-state index in [-0.39, 0.29) is 0 Å². The summed E-state index contributed by atoms with van der Waals surface area (Å²) in [6, 6.07) is 0. The number of nitrogens with zero attached hydrogens (tertiary/aromatic N) is 2. The number of hydrogen-bond acceptors (Lipinski definition) is 3. The Bertz CT molecular complexity index is 206. The molecule has 1 atom stereocenters. The molecule has 0 saturated heterocycles. The fraction of sp³-hybridized carbons (Fsp3) is 0.625. The zero-order valence-corrected chi connectivity index (χ0v) is 7.20. The maximum Gasteiger partial charge on any atom is 0.171 e. The minimum absolute atomic E-state index is 0.900. The molecule has 0 fully saturated rings. The van der Waals surface area contributed by atoms with Crippen LogP contribution in [0.5, 0.6) is 0 Å². The lowest BCUT2D eigenvalue weighted by atomic mass is 10.2. The molecule has 0 aromatic rings. The Morgan fingerprint density at radius 3 is 2.82 bits per heavy atom. The van der Waals surface area contributed by atoms with Crippen LogP contribution in [0.25, 0.3) is 0 Å². The summed E-state index contributed by atoms with van der Waals surface area (Å²) in [5, 5.41) is 9.59. The molecule has 0 aliphatic carbocycles. The Balaban J connectivity index is 2.80. The van der Waals surface area contributed by atoms with E-state index in [0.717, 1.165) is 12.1 Å². The molecular formula is C8H14N2O. The number of aliphatic imine (C=N–C) groups is 1. The van der Waals surface area contributed by atoms with E-state index in [2.05, 4.69) is 4.99 Å². The van der Waals surface area contributed by atoms with Gasteiger partial charge in [-0.1, -0.05) is 6.92 Å². The Morgan fingerprint density at radius 1 is 1.73 bits per heavy atom. The van der Waals surface area contributed by atoms with E-state index in [0.29, 0.717) is 0 Å². The van der Waals surface area contributed by atoms with Gasteiger partial charge in [0.05, 0.1) is 11.9 Å². The van der Waals surface area contributed by atoms with Gasteiger partial charge < -0.3 is 10.0 Å². The summed E-state index contributed by atoms with van der Waals surface area (Å²) in [5.74, 6) is 0. The van der Waals surface area contributed by atoms with E-state index in [1.54, 1.807) is 18.0 Å². The smallest absolute Gasteiger partial charge is 0.171 e. The molecular weight excluding hydrogens is 140 g/mol. The number of hydrogen-bond donors (Lipinski definition) is 1. The highest BCUT2D eigenvalue weighted by Crippen LogP contribution is 2.16. The van der Waals surface area contributed by atoms with Crippen LogP contribution in [0.3, 0.4) is 0 Å². The van der Waals surface area contributed by atoms with Crippen molar-refractivity contribution >= 4 is 6.21 Å². The van der Waals surface area contributed by atoms with Gasteiger partial charge in [-0.15, -0.1) is 0 Å². The first-order chi connectivity index (χ1) is 5.06. The molecule has 3 nitrogen and oxygen atoms in total. The second kappa shape index (κ2) is 2.66. The summed E-state index contributed by atoms with van der Waals surface area (Å²) in [7, 11) is 1.83. The molecule has 0 spiro atoms. The van der Waals surface area contributed by atoms with E-state index < -0.39 is 5.72 Å². The quantitative estimate of drug-likeness (QED) is 0.610. The largest absolute Gasteiger partial charge is 0.366 e. The SMILES string of the molecule is CCC1=CN(C)C(C)(O)C=N1. The van der Waals surface area contributed by atoms with Crippen LogP contribution in [0.4, 0.5) is 0 Å². The van der Waals surface area contributed by atoms with Crippen LogP contribution in [0, 0.1) is 0 Å². The van der Waals surface area contributed by atoms with Crippen molar-refractivity contribution in [2.45, 2.75) is 26.0 Å². The number of aliphatic hydroxyl groups is 1. The molecule has 0 radical (unpaired) electrons. The van der Waals surface area contributed by atoms with Gasteiger partial charge in [0.1, 0.15) is 0 Å². The minimum atomic E-state index is -0.918. The first kappa shape index (κ1) is 8.27. The average molecular weight is 154 g/mol. The standard InChI is InChI=1S/C8H14N2O/c1-4-7-5-10(3)8(2,11)6-9-7/h5-6,11H,4H2,1-3H3. The maximum atomic E-state index is 9.59. The molecule has 0 saturated carbocycles. The van der Waals surface area contributed by atoms with Gasteiger partial charge in [0.15, 0.2) is 5.72 Å². The predicted octanol–water partition coefficient (Wildman–Crippen LogP) is 0.963. The summed E-state index contributed by atoms with van der Waals surface area (Å²) >= 11 is 0. The van der Waals surface area contributed by atoms with Crippen LogP contribution in [-0.2, 0) is 0 Å².